The van der Waals surface area contributed by atoms with Gasteiger partial charge >= 0.3 is 0 Å². The molecule has 0 aliphatic carbocycles. The molecule has 15 heavy (non-hydrogen) atoms. The van der Waals surface area contributed by atoms with Crippen LogP contribution in [0.25, 0.3) is 16.7 Å². The summed E-state index contributed by atoms with van der Waals surface area (Å²) in [5.41, 5.74) is 1.02. The van der Waals surface area contributed by atoms with Crippen LogP contribution in [0.1, 0.15) is 0 Å². The fourth-order valence-corrected chi connectivity index (χ4v) is 1.54. The summed E-state index contributed by atoms with van der Waals surface area (Å²) < 4.78 is 1.80. The van der Waals surface area contributed by atoms with Gasteiger partial charge in [0.2, 0.25) is 0 Å². The molecule has 0 bridgehead atoms. The maximum Gasteiger partial charge on any atom is 0.153 e. The van der Waals surface area contributed by atoms with Crippen molar-refractivity contribution in [2.75, 3.05) is 0 Å². The van der Waals surface area contributed by atoms with Crippen molar-refractivity contribution in [1.82, 2.24) is 19.7 Å². The third-order valence-corrected chi connectivity index (χ3v) is 2.23. The lowest BCUT2D eigenvalue weighted by molar-refractivity contribution is 0.874. The van der Waals surface area contributed by atoms with E-state index >= 15 is 0 Å². The van der Waals surface area contributed by atoms with Gasteiger partial charge in [0.05, 0.1) is 11.7 Å². The number of hydrogen-bond donors (Lipinski definition) is 0. The van der Waals surface area contributed by atoms with Crippen LogP contribution in [0.15, 0.2) is 49.1 Å². The Hall–Kier alpha value is -2.23. The normalized spacial score (nSPS) is 10.7. The van der Waals surface area contributed by atoms with Crippen LogP contribution in [-0.2, 0) is 0 Å². The van der Waals surface area contributed by atoms with E-state index in [1.807, 2.05) is 24.3 Å². The molecule has 3 aromatic rings. The van der Waals surface area contributed by atoms with Crippen LogP contribution in [0, 0.1) is 0 Å². The quantitative estimate of drug-likeness (QED) is 0.596. The summed E-state index contributed by atoms with van der Waals surface area (Å²) in [5.74, 6) is 0.818. The predicted octanol–water partition coefficient (Wildman–Crippen LogP) is 1.82. The largest absolute Gasteiger partial charge is 0.264 e. The van der Waals surface area contributed by atoms with Gasteiger partial charge in [0.25, 0.3) is 0 Å². The van der Waals surface area contributed by atoms with Gasteiger partial charge in [0.15, 0.2) is 5.82 Å². The summed E-state index contributed by atoms with van der Waals surface area (Å²) in [7, 11) is 0. The SMILES string of the molecule is c1ccc(-n2ncc3cnccc32)nc1. The zero-order valence-electron chi connectivity index (χ0n) is 7.91. The van der Waals surface area contributed by atoms with Crippen LogP contribution in [0.2, 0.25) is 0 Å². The fraction of sp³-hybridized carbons (Fsp3) is 0. The molecular formula is C11H8N4. The molecular weight excluding hydrogens is 188 g/mol. The van der Waals surface area contributed by atoms with Gasteiger partial charge in [-0.25, -0.2) is 9.67 Å². The van der Waals surface area contributed by atoms with E-state index < -0.39 is 0 Å². The highest BCUT2D eigenvalue weighted by molar-refractivity contribution is 5.78. The molecule has 0 amide bonds. The Morgan fingerprint density at radius 1 is 1.00 bits per heavy atom. The number of rotatable bonds is 1. The van der Waals surface area contributed by atoms with Gasteiger partial charge < -0.3 is 0 Å². The van der Waals surface area contributed by atoms with Gasteiger partial charge in [0.1, 0.15) is 0 Å². The predicted molar refractivity (Wildman–Crippen MR) is 56.7 cm³/mol. The third-order valence-electron chi connectivity index (χ3n) is 2.23. The van der Waals surface area contributed by atoms with Gasteiger partial charge in [0, 0.05) is 24.0 Å². The number of aromatic nitrogens is 4. The zero-order valence-corrected chi connectivity index (χ0v) is 7.91. The number of fused-ring (bicyclic) bond motifs is 1. The van der Waals surface area contributed by atoms with Crippen LogP contribution in [0.4, 0.5) is 0 Å². The van der Waals surface area contributed by atoms with Crippen LogP contribution in [0.3, 0.4) is 0 Å². The van der Waals surface area contributed by atoms with Crippen molar-refractivity contribution in [3.05, 3.63) is 49.1 Å². The second-order valence-electron chi connectivity index (χ2n) is 3.18. The van der Waals surface area contributed by atoms with E-state index in [0.717, 1.165) is 16.7 Å². The molecule has 4 heteroatoms. The first-order chi connectivity index (χ1) is 7.45. The Kier molecular flexibility index (Phi) is 1.71. The molecule has 0 radical (unpaired) electrons. The molecule has 4 nitrogen and oxygen atoms in total. The molecule has 0 saturated heterocycles. The molecule has 72 valence electrons. The van der Waals surface area contributed by atoms with Crippen LogP contribution < -0.4 is 0 Å². The van der Waals surface area contributed by atoms with Gasteiger partial charge in [-0.05, 0) is 18.2 Å². The Bertz CT molecular complexity index is 586. The second kappa shape index (κ2) is 3.16. The topological polar surface area (TPSA) is 43.6 Å². The van der Waals surface area contributed by atoms with Gasteiger partial charge in [-0.3, -0.25) is 4.98 Å². The Balaban J connectivity index is 2.28. The summed E-state index contributed by atoms with van der Waals surface area (Å²) in [4.78, 5) is 8.30. The smallest absolute Gasteiger partial charge is 0.153 e. The van der Waals surface area contributed by atoms with Crippen molar-refractivity contribution < 1.29 is 0 Å². The molecule has 3 heterocycles. The average Bonchev–Trinajstić information content (AvgIpc) is 2.74. The minimum atomic E-state index is 0.818. The summed E-state index contributed by atoms with van der Waals surface area (Å²) in [6.45, 7) is 0. The first kappa shape index (κ1) is 8.11. The van der Waals surface area contributed by atoms with E-state index in [0.29, 0.717) is 0 Å². The number of nitrogens with zero attached hydrogens (tertiary/aromatic N) is 4. The highest BCUT2D eigenvalue weighted by Gasteiger charge is 2.03. The van der Waals surface area contributed by atoms with E-state index in [4.69, 9.17) is 0 Å². The van der Waals surface area contributed by atoms with Gasteiger partial charge in [-0.1, -0.05) is 6.07 Å². The minimum absolute atomic E-state index is 0.818. The fourth-order valence-electron chi connectivity index (χ4n) is 1.54. The van der Waals surface area contributed by atoms with E-state index in [-0.39, 0.29) is 0 Å². The zero-order chi connectivity index (χ0) is 10.1. The monoisotopic (exact) mass is 196 g/mol. The molecule has 3 aromatic heterocycles. The molecule has 0 N–H and O–H groups in total. The lowest BCUT2D eigenvalue weighted by Crippen LogP contribution is -1.97. The Morgan fingerprint density at radius 2 is 2.00 bits per heavy atom. The van der Waals surface area contributed by atoms with Crippen molar-refractivity contribution in [3.8, 4) is 5.82 Å². The molecule has 0 aromatic carbocycles. The van der Waals surface area contributed by atoms with E-state index in [1.54, 1.807) is 29.5 Å². The third kappa shape index (κ3) is 1.27. The summed E-state index contributed by atoms with van der Waals surface area (Å²) in [6.07, 6.45) is 7.09. The Labute approximate surface area is 86.2 Å². The van der Waals surface area contributed by atoms with E-state index in [2.05, 4.69) is 15.1 Å². The number of hydrogen-bond acceptors (Lipinski definition) is 3. The van der Waals surface area contributed by atoms with Crippen molar-refractivity contribution in [1.29, 1.82) is 0 Å². The van der Waals surface area contributed by atoms with Crippen LogP contribution >= 0.6 is 0 Å². The first-order valence-electron chi connectivity index (χ1n) is 4.64. The Morgan fingerprint density at radius 3 is 2.87 bits per heavy atom. The summed E-state index contributed by atoms with van der Waals surface area (Å²) in [5, 5.41) is 5.30. The molecule has 3 rings (SSSR count). The van der Waals surface area contributed by atoms with Crippen molar-refractivity contribution >= 4 is 10.9 Å². The maximum atomic E-state index is 4.28. The van der Waals surface area contributed by atoms with Crippen molar-refractivity contribution in [2.24, 2.45) is 0 Å². The highest BCUT2D eigenvalue weighted by Crippen LogP contribution is 2.14. The van der Waals surface area contributed by atoms with E-state index in [1.165, 1.54) is 0 Å². The van der Waals surface area contributed by atoms with Crippen molar-refractivity contribution in [3.63, 3.8) is 0 Å². The molecule has 0 fully saturated rings. The molecule has 0 aliphatic heterocycles. The summed E-state index contributed by atoms with van der Waals surface area (Å²) >= 11 is 0. The highest BCUT2D eigenvalue weighted by atomic mass is 15.3. The maximum absolute atomic E-state index is 4.28. The molecule has 0 saturated carbocycles. The van der Waals surface area contributed by atoms with Gasteiger partial charge in [-0.2, -0.15) is 5.10 Å². The van der Waals surface area contributed by atoms with Gasteiger partial charge in [-0.15, -0.1) is 0 Å². The van der Waals surface area contributed by atoms with Crippen LogP contribution in [0.5, 0.6) is 0 Å². The average molecular weight is 196 g/mol. The standard InChI is InChI=1S/C11H8N4/c1-2-5-13-11(3-1)15-10-4-6-12-7-9(10)8-14-15/h1-8H. The molecule has 0 atom stereocenters. The molecule has 0 spiro atoms. The van der Waals surface area contributed by atoms with Crippen LogP contribution in [-0.4, -0.2) is 19.7 Å². The second-order valence-corrected chi connectivity index (χ2v) is 3.18. The molecule has 0 aliphatic rings. The molecule has 0 unspecified atom stereocenters. The minimum Gasteiger partial charge on any atom is -0.264 e. The summed E-state index contributed by atoms with van der Waals surface area (Å²) in [6, 6.07) is 7.68. The van der Waals surface area contributed by atoms with E-state index in [9.17, 15) is 0 Å². The lowest BCUT2D eigenvalue weighted by Gasteiger charge is -2.00. The van der Waals surface area contributed by atoms with Crippen molar-refractivity contribution in [2.45, 2.75) is 0 Å². The first-order valence-corrected chi connectivity index (χ1v) is 4.64. The lowest BCUT2D eigenvalue weighted by atomic mass is 10.3. The number of pyridine rings is 2.